The number of benzene rings is 2. The maximum absolute atomic E-state index is 13.2. The van der Waals surface area contributed by atoms with E-state index in [9.17, 15) is 23.1 Å². The summed E-state index contributed by atoms with van der Waals surface area (Å²) in [5.41, 5.74) is 0.821. The molecule has 0 saturated carbocycles. The highest BCUT2D eigenvalue weighted by Gasteiger charge is 2.31. The zero-order valence-corrected chi connectivity index (χ0v) is 18.8. The first-order valence-electron chi connectivity index (χ1n) is 11.0. The van der Waals surface area contributed by atoms with Crippen LogP contribution in [0.5, 0.6) is 5.75 Å². The Hall–Kier alpha value is -3.00. The minimum absolute atomic E-state index is 0.0824. The van der Waals surface area contributed by atoms with Gasteiger partial charge in [-0.2, -0.15) is 13.2 Å². The normalized spacial score (nSPS) is 19.3. The summed E-state index contributed by atoms with van der Waals surface area (Å²) >= 11 is 0. The molecular weight excluding hydrogens is 433 g/mol. The van der Waals surface area contributed by atoms with E-state index < -0.39 is 17.6 Å². The molecule has 2 atom stereocenters. The van der Waals surface area contributed by atoms with Gasteiger partial charge in [0, 0.05) is 35.8 Å². The lowest BCUT2D eigenvalue weighted by molar-refractivity contribution is -0.137. The Morgan fingerprint density at radius 2 is 1.91 bits per heavy atom. The number of carbonyl (C=O) groups excluding carboxylic acids is 1. The molecule has 1 aliphatic rings. The van der Waals surface area contributed by atoms with Gasteiger partial charge in [0.25, 0.3) is 5.91 Å². The lowest BCUT2D eigenvalue weighted by Gasteiger charge is -2.22. The van der Waals surface area contributed by atoms with E-state index in [1.165, 1.54) is 12.1 Å². The average Bonchev–Trinajstić information content (AvgIpc) is 3.28. The molecule has 2 aromatic carbocycles. The number of furan rings is 1. The summed E-state index contributed by atoms with van der Waals surface area (Å²) < 4.78 is 44.3. The number of fused-ring (bicyclic) bond motifs is 1. The number of phenolic OH excluding ortho intramolecular Hbond substituents is 1. The van der Waals surface area contributed by atoms with Gasteiger partial charge in [-0.15, -0.1) is 0 Å². The van der Waals surface area contributed by atoms with Crippen molar-refractivity contribution in [3.05, 3.63) is 58.8 Å². The van der Waals surface area contributed by atoms with Gasteiger partial charge in [0.05, 0.1) is 11.1 Å². The van der Waals surface area contributed by atoms with Crippen LogP contribution in [0.3, 0.4) is 0 Å². The molecule has 176 valence electrons. The van der Waals surface area contributed by atoms with Gasteiger partial charge >= 0.3 is 6.18 Å². The first-order chi connectivity index (χ1) is 15.6. The number of alkyl halides is 3. The van der Waals surface area contributed by atoms with E-state index in [1.807, 2.05) is 0 Å². The quantitative estimate of drug-likeness (QED) is 0.466. The number of carbonyl (C=O) groups is 1. The molecule has 0 radical (unpaired) electrons. The number of nitrogens with zero attached hydrogens (tertiary/aromatic N) is 1. The van der Waals surface area contributed by atoms with Crippen LogP contribution in [-0.4, -0.2) is 28.5 Å². The maximum atomic E-state index is 13.2. The van der Waals surface area contributed by atoms with Crippen LogP contribution < -0.4 is 5.32 Å². The van der Waals surface area contributed by atoms with E-state index >= 15 is 0 Å². The topological polar surface area (TPSA) is 65.7 Å². The number of hydrogen-bond donors (Lipinski definition) is 2. The minimum Gasteiger partial charge on any atom is -0.508 e. The largest absolute Gasteiger partial charge is 0.508 e. The van der Waals surface area contributed by atoms with E-state index in [0.717, 1.165) is 31.5 Å². The Bertz CT molecular complexity index is 1170. The first-order valence-corrected chi connectivity index (χ1v) is 11.0. The molecule has 3 aromatic rings. The summed E-state index contributed by atoms with van der Waals surface area (Å²) in [7, 11) is 0. The number of hydrogen-bond acceptors (Lipinski definition) is 4. The lowest BCUT2D eigenvalue weighted by Crippen LogP contribution is -2.27. The molecule has 1 amide bonds. The minimum atomic E-state index is -4.45. The predicted octanol–water partition coefficient (Wildman–Crippen LogP) is 6.34. The summed E-state index contributed by atoms with van der Waals surface area (Å²) in [5, 5.41) is 13.9. The molecule has 2 N–H and O–H groups in total. The van der Waals surface area contributed by atoms with Crippen molar-refractivity contribution < 1.29 is 27.5 Å². The molecule has 0 spiro atoms. The standard InChI is InChI=1S/C25H27F3N2O3/c1-4-16-11-14(2)30(12-16)13-19-20(31)9-10-21-23(19)22(15(3)33-21)24(32)29-18-7-5-17(6-8-18)25(26,27)28/h5-10,14,16,31H,4,11-13H2,1-3H3,(H,29,32). The lowest BCUT2D eigenvalue weighted by atomic mass is 10.0. The molecule has 1 fully saturated rings. The van der Waals surface area contributed by atoms with Crippen LogP contribution in [-0.2, 0) is 12.7 Å². The smallest absolute Gasteiger partial charge is 0.416 e. The fraction of sp³-hybridized carbons (Fsp3) is 0.400. The third-order valence-corrected chi connectivity index (χ3v) is 6.54. The van der Waals surface area contributed by atoms with E-state index in [-0.39, 0.29) is 17.0 Å². The number of likely N-dealkylation sites (tertiary alicyclic amines) is 1. The molecule has 33 heavy (non-hydrogen) atoms. The van der Waals surface area contributed by atoms with Crippen molar-refractivity contribution in [3.8, 4) is 5.75 Å². The number of anilines is 1. The fourth-order valence-corrected chi connectivity index (χ4v) is 4.67. The summed E-state index contributed by atoms with van der Waals surface area (Å²) in [6, 6.07) is 7.82. The Morgan fingerprint density at radius 1 is 1.21 bits per heavy atom. The van der Waals surface area contributed by atoms with Gasteiger partial charge in [-0.05, 0) is 62.6 Å². The molecular formula is C25H27F3N2O3. The summed E-state index contributed by atoms with van der Waals surface area (Å²) in [6.07, 6.45) is -2.28. The fourth-order valence-electron chi connectivity index (χ4n) is 4.67. The zero-order valence-electron chi connectivity index (χ0n) is 18.8. The van der Waals surface area contributed by atoms with E-state index in [2.05, 4.69) is 24.1 Å². The molecule has 0 bridgehead atoms. The van der Waals surface area contributed by atoms with Gasteiger partial charge in [0.2, 0.25) is 0 Å². The van der Waals surface area contributed by atoms with Gasteiger partial charge in [-0.1, -0.05) is 13.3 Å². The van der Waals surface area contributed by atoms with Crippen molar-refractivity contribution in [1.82, 2.24) is 4.90 Å². The van der Waals surface area contributed by atoms with Crippen LogP contribution in [0.15, 0.2) is 40.8 Å². The summed E-state index contributed by atoms with van der Waals surface area (Å²) in [4.78, 5) is 15.5. The van der Waals surface area contributed by atoms with Gasteiger partial charge in [0.15, 0.2) is 0 Å². The number of aromatic hydroxyl groups is 1. The van der Waals surface area contributed by atoms with E-state index in [1.54, 1.807) is 19.1 Å². The molecule has 8 heteroatoms. The molecule has 5 nitrogen and oxygen atoms in total. The van der Waals surface area contributed by atoms with Crippen LogP contribution in [0.2, 0.25) is 0 Å². The van der Waals surface area contributed by atoms with Gasteiger partial charge in [0.1, 0.15) is 17.1 Å². The predicted molar refractivity (Wildman–Crippen MR) is 120 cm³/mol. The highest BCUT2D eigenvalue weighted by Crippen LogP contribution is 2.37. The van der Waals surface area contributed by atoms with Crippen molar-refractivity contribution in [2.75, 3.05) is 11.9 Å². The van der Waals surface area contributed by atoms with Gasteiger partial charge in [-0.3, -0.25) is 9.69 Å². The second kappa shape index (κ2) is 8.74. The molecule has 1 aliphatic heterocycles. The first kappa shape index (κ1) is 23.2. The van der Waals surface area contributed by atoms with E-state index in [0.29, 0.717) is 40.8 Å². The second-order valence-electron chi connectivity index (χ2n) is 8.79. The third kappa shape index (κ3) is 4.57. The summed E-state index contributed by atoms with van der Waals surface area (Å²) in [5.74, 6) is 0.551. The van der Waals surface area contributed by atoms with E-state index in [4.69, 9.17) is 4.42 Å². The molecule has 2 unspecified atom stereocenters. The molecule has 4 rings (SSSR count). The highest BCUT2D eigenvalue weighted by atomic mass is 19.4. The summed E-state index contributed by atoms with van der Waals surface area (Å²) in [6.45, 7) is 7.37. The zero-order chi connectivity index (χ0) is 23.9. The molecule has 1 aromatic heterocycles. The SMILES string of the molecule is CCC1CC(C)N(Cc2c(O)ccc3oc(C)c(C(=O)Nc4ccc(C(F)(F)F)cc4)c23)C1. The van der Waals surface area contributed by atoms with Crippen LogP contribution in [0, 0.1) is 12.8 Å². The van der Waals surface area contributed by atoms with Crippen LogP contribution in [0.25, 0.3) is 11.0 Å². The van der Waals surface area contributed by atoms with Crippen molar-refractivity contribution in [2.45, 2.75) is 52.4 Å². The molecule has 1 saturated heterocycles. The molecule has 0 aliphatic carbocycles. The number of phenols is 1. The number of amides is 1. The van der Waals surface area contributed by atoms with Crippen LogP contribution in [0.4, 0.5) is 18.9 Å². The van der Waals surface area contributed by atoms with Crippen LogP contribution >= 0.6 is 0 Å². The van der Waals surface area contributed by atoms with Crippen molar-refractivity contribution in [3.63, 3.8) is 0 Å². The Morgan fingerprint density at radius 3 is 2.52 bits per heavy atom. The second-order valence-corrected chi connectivity index (χ2v) is 8.79. The average molecular weight is 460 g/mol. The van der Waals surface area contributed by atoms with Gasteiger partial charge < -0.3 is 14.8 Å². The highest BCUT2D eigenvalue weighted by molar-refractivity contribution is 6.14. The maximum Gasteiger partial charge on any atom is 0.416 e. The number of aryl methyl sites for hydroxylation is 1. The van der Waals surface area contributed by atoms with Gasteiger partial charge in [-0.25, -0.2) is 0 Å². The number of nitrogens with one attached hydrogen (secondary N) is 1. The number of rotatable bonds is 5. The molecule has 2 heterocycles. The Kier molecular flexibility index (Phi) is 6.14. The Balaban J connectivity index is 1.67. The Labute approximate surface area is 190 Å². The van der Waals surface area contributed by atoms with Crippen molar-refractivity contribution >= 4 is 22.6 Å². The van der Waals surface area contributed by atoms with Crippen LogP contribution in [0.1, 0.15) is 53.9 Å². The van der Waals surface area contributed by atoms with Crippen molar-refractivity contribution in [2.24, 2.45) is 5.92 Å². The number of halogens is 3. The van der Waals surface area contributed by atoms with Crippen molar-refractivity contribution in [1.29, 1.82) is 0 Å². The third-order valence-electron chi connectivity index (χ3n) is 6.54. The monoisotopic (exact) mass is 460 g/mol.